The topological polar surface area (TPSA) is 66.4 Å². The van der Waals surface area contributed by atoms with Crippen molar-refractivity contribution >= 4 is 11.9 Å². The van der Waals surface area contributed by atoms with Gasteiger partial charge < -0.3 is 10.4 Å². The normalized spacial score (nSPS) is 13.6. The molecule has 0 bridgehead atoms. The van der Waals surface area contributed by atoms with Crippen LogP contribution < -0.4 is 5.32 Å². The third-order valence-electron chi connectivity index (χ3n) is 3.24. The number of amides is 1. The van der Waals surface area contributed by atoms with E-state index in [2.05, 4.69) is 5.32 Å². The van der Waals surface area contributed by atoms with Crippen molar-refractivity contribution in [2.75, 3.05) is 6.54 Å². The van der Waals surface area contributed by atoms with Gasteiger partial charge in [0.25, 0.3) is 0 Å². The molecule has 0 heterocycles. The molecule has 1 amide bonds. The Morgan fingerprint density at radius 2 is 1.89 bits per heavy atom. The first kappa shape index (κ1) is 15.2. The molecule has 104 valence electrons. The molecule has 4 heteroatoms. The van der Waals surface area contributed by atoms with E-state index in [0.29, 0.717) is 6.42 Å². The highest BCUT2D eigenvalue weighted by atomic mass is 16.4. The Morgan fingerprint density at radius 1 is 1.26 bits per heavy atom. The summed E-state index contributed by atoms with van der Waals surface area (Å²) in [4.78, 5) is 22.4. The molecule has 4 nitrogen and oxygen atoms in total. The summed E-state index contributed by atoms with van der Waals surface area (Å²) in [6.07, 6.45) is 0.372. The van der Waals surface area contributed by atoms with Gasteiger partial charge >= 0.3 is 5.97 Å². The Hall–Kier alpha value is -1.84. The van der Waals surface area contributed by atoms with Gasteiger partial charge in [-0.25, -0.2) is 0 Å². The van der Waals surface area contributed by atoms with E-state index < -0.39 is 11.9 Å². The van der Waals surface area contributed by atoms with Gasteiger partial charge in [-0.15, -0.1) is 0 Å². The molecule has 0 aliphatic heterocycles. The van der Waals surface area contributed by atoms with Gasteiger partial charge in [0.1, 0.15) is 0 Å². The van der Waals surface area contributed by atoms with Gasteiger partial charge in [-0.3, -0.25) is 9.59 Å². The second kappa shape index (κ2) is 6.92. The van der Waals surface area contributed by atoms with Gasteiger partial charge in [0, 0.05) is 13.0 Å². The van der Waals surface area contributed by atoms with Crippen LogP contribution in [0.3, 0.4) is 0 Å². The average molecular weight is 263 g/mol. The van der Waals surface area contributed by atoms with E-state index in [4.69, 9.17) is 5.11 Å². The minimum absolute atomic E-state index is 0.108. The third kappa shape index (κ3) is 4.73. The number of hydrogen-bond acceptors (Lipinski definition) is 2. The first-order valence-electron chi connectivity index (χ1n) is 6.46. The summed E-state index contributed by atoms with van der Waals surface area (Å²) in [7, 11) is 0. The number of aliphatic carboxylic acids is 1. The summed E-state index contributed by atoms with van der Waals surface area (Å²) >= 11 is 0. The van der Waals surface area contributed by atoms with Crippen molar-refractivity contribution in [3.8, 4) is 0 Å². The number of benzene rings is 1. The fourth-order valence-electron chi connectivity index (χ4n) is 1.95. The zero-order valence-corrected chi connectivity index (χ0v) is 11.6. The molecule has 0 fully saturated rings. The summed E-state index contributed by atoms with van der Waals surface area (Å²) in [5.41, 5.74) is 2.32. The van der Waals surface area contributed by atoms with Crippen molar-refractivity contribution in [2.45, 2.75) is 33.1 Å². The minimum Gasteiger partial charge on any atom is -0.481 e. The van der Waals surface area contributed by atoms with Gasteiger partial charge in [-0.1, -0.05) is 38.1 Å². The fraction of sp³-hybridized carbons (Fsp3) is 0.467. The molecule has 0 aliphatic rings. The molecule has 1 rings (SSSR count). The van der Waals surface area contributed by atoms with Crippen LogP contribution in [0.5, 0.6) is 0 Å². The van der Waals surface area contributed by atoms with Crippen LogP contribution in [-0.2, 0) is 9.59 Å². The predicted molar refractivity (Wildman–Crippen MR) is 74.0 cm³/mol. The summed E-state index contributed by atoms with van der Waals surface area (Å²) in [6, 6.07) is 7.98. The Balaban J connectivity index is 2.49. The lowest BCUT2D eigenvalue weighted by atomic mass is 9.93. The lowest BCUT2D eigenvalue weighted by molar-refractivity contribution is -0.141. The maximum absolute atomic E-state index is 11.8. The summed E-state index contributed by atoms with van der Waals surface area (Å²) in [5.74, 6) is -1.44. The fourth-order valence-corrected chi connectivity index (χ4v) is 1.95. The maximum Gasteiger partial charge on any atom is 0.308 e. The molecule has 2 unspecified atom stereocenters. The second-order valence-electron chi connectivity index (χ2n) is 5.01. The number of carbonyl (C=O) groups excluding carboxylic acids is 1. The summed E-state index contributed by atoms with van der Waals surface area (Å²) in [6.45, 7) is 5.78. The smallest absolute Gasteiger partial charge is 0.308 e. The molecule has 0 aliphatic carbocycles. The van der Waals surface area contributed by atoms with Gasteiger partial charge in [-0.2, -0.15) is 0 Å². The summed E-state index contributed by atoms with van der Waals surface area (Å²) in [5, 5.41) is 11.4. The van der Waals surface area contributed by atoms with Gasteiger partial charge in [0.2, 0.25) is 5.91 Å². The SMILES string of the molecule is Cc1ccccc1C(C)CC(=O)NCC(C)C(=O)O. The first-order valence-corrected chi connectivity index (χ1v) is 6.46. The molecule has 1 aromatic carbocycles. The van der Waals surface area contributed by atoms with Crippen LogP contribution in [0, 0.1) is 12.8 Å². The van der Waals surface area contributed by atoms with Gasteiger partial charge in [0.05, 0.1) is 5.92 Å². The van der Waals surface area contributed by atoms with E-state index in [9.17, 15) is 9.59 Å². The third-order valence-corrected chi connectivity index (χ3v) is 3.24. The zero-order chi connectivity index (χ0) is 14.4. The molecule has 2 atom stereocenters. The van der Waals surface area contributed by atoms with Crippen LogP contribution >= 0.6 is 0 Å². The van der Waals surface area contributed by atoms with Crippen molar-refractivity contribution < 1.29 is 14.7 Å². The van der Waals surface area contributed by atoms with Crippen molar-refractivity contribution in [1.82, 2.24) is 5.32 Å². The highest BCUT2D eigenvalue weighted by Crippen LogP contribution is 2.22. The van der Waals surface area contributed by atoms with E-state index >= 15 is 0 Å². The molecule has 1 aromatic rings. The Bertz CT molecular complexity index is 456. The van der Waals surface area contributed by atoms with Crippen LogP contribution in [0.4, 0.5) is 0 Å². The van der Waals surface area contributed by atoms with Crippen LogP contribution in [0.25, 0.3) is 0 Å². The lowest BCUT2D eigenvalue weighted by Gasteiger charge is -2.15. The standard InChI is InChI=1S/C15H21NO3/c1-10-6-4-5-7-13(10)11(2)8-14(17)16-9-12(3)15(18)19/h4-7,11-12H,8-9H2,1-3H3,(H,16,17)(H,18,19). The largest absolute Gasteiger partial charge is 0.481 e. The van der Waals surface area contributed by atoms with Crippen LogP contribution in [0.2, 0.25) is 0 Å². The molecule has 0 aromatic heterocycles. The second-order valence-corrected chi connectivity index (χ2v) is 5.01. The Morgan fingerprint density at radius 3 is 2.47 bits per heavy atom. The van der Waals surface area contributed by atoms with Crippen molar-refractivity contribution in [3.05, 3.63) is 35.4 Å². The predicted octanol–water partition coefficient (Wildman–Crippen LogP) is 2.33. The molecule has 0 radical (unpaired) electrons. The zero-order valence-electron chi connectivity index (χ0n) is 11.6. The van der Waals surface area contributed by atoms with Crippen LogP contribution in [0.15, 0.2) is 24.3 Å². The minimum atomic E-state index is -0.896. The van der Waals surface area contributed by atoms with E-state index in [1.54, 1.807) is 6.92 Å². The highest BCUT2D eigenvalue weighted by molar-refractivity contribution is 5.78. The van der Waals surface area contributed by atoms with E-state index in [0.717, 1.165) is 5.56 Å². The molecular weight excluding hydrogens is 242 g/mol. The molecule has 0 saturated heterocycles. The molecule has 2 N–H and O–H groups in total. The quantitative estimate of drug-likeness (QED) is 0.827. The monoisotopic (exact) mass is 263 g/mol. The molecule has 0 saturated carbocycles. The maximum atomic E-state index is 11.8. The number of rotatable bonds is 6. The van der Waals surface area contributed by atoms with Gasteiger partial charge in [-0.05, 0) is 24.0 Å². The number of carboxylic acid groups (broad SMARTS) is 1. The van der Waals surface area contributed by atoms with Crippen molar-refractivity contribution in [1.29, 1.82) is 0 Å². The van der Waals surface area contributed by atoms with Crippen LogP contribution in [0.1, 0.15) is 37.3 Å². The van der Waals surface area contributed by atoms with E-state index in [-0.39, 0.29) is 18.4 Å². The summed E-state index contributed by atoms with van der Waals surface area (Å²) < 4.78 is 0. The van der Waals surface area contributed by atoms with E-state index in [1.165, 1.54) is 5.56 Å². The Kier molecular flexibility index (Phi) is 5.55. The molecule has 0 spiro atoms. The Labute approximate surface area is 113 Å². The molecular formula is C15H21NO3. The van der Waals surface area contributed by atoms with Crippen molar-refractivity contribution in [2.24, 2.45) is 5.92 Å². The van der Waals surface area contributed by atoms with E-state index in [1.807, 2.05) is 38.1 Å². The molecule has 19 heavy (non-hydrogen) atoms. The number of hydrogen-bond donors (Lipinski definition) is 2. The first-order chi connectivity index (χ1) is 8.91. The average Bonchev–Trinajstić information content (AvgIpc) is 2.36. The highest BCUT2D eigenvalue weighted by Gasteiger charge is 2.15. The van der Waals surface area contributed by atoms with Gasteiger partial charge in [0.15, 0.2) is 0 Å². The number of carbonyl (C=O) groups is 2. The van der Waals surface area contributed by atoms with Crippen LogP contribution in [-0.4, -0.2) is 23.5 Å². The number of nitrogens with one attached hydrogen (secondary N) is 1. The lowest BCUT2D eigenvalue weighted by Crippen LogP contribution is -2.32. The number of aryl methyl sites for hydroxylation is 1. The number of carboxylic acids is 1. The van der Waals surface area contributed by atoms with Crippen molar-refractivity contribution in [3.63, 3.8) is 0 Å².